The molecule has 0 bridgehead atoms. The van der Waals surface area contributed by atoms with Gasteiger partial charge in [-0.1, -0.05) is 48.9 Å². The van der Waals surface area contributed by atoms with Crippen molar-refractivity contribution >= 4 is 34.8 Å². The van der Waals surface area contributed by atoms with Crippen LogP contribution in [0.4, 0.5) is 5.69 Å². The predicted molar refractivity (Wildman–Crippen MR) is 101 cm³/mol. The van der Waals surface area contributed by atoms with Crippen LogP contribution < -0.4 is 10.7 Å². The fourth-order valence-corrected chi connectivity index (χ4v) is 2.43. The number of aryl methyl sites for hydroxylation is 1. The SMILES string of the molecule is CC/C(Cc1ccccc1)=N/NC(=O)C(=O)Nc1ccc(Cl)cc1C. The zero-order valence-electron chi connectivity index (χ0n) is 14.2. The first-order valence-electron chi connectivity index (χ1n) is 7.96. The summed E-state index contributed by atoms with van der Waals surface area (Å²) in [4.78, 5) is 23.9. The fourth-order valence-electron chi connectivity index (χ4n) is 2.20. The highest BCUT2D eigenvalue weighted by molar-refractivity contribution is 6.39. The van der Waals surface area contributed by atoms with E-state index in [4.69, 9.17) is 11.6 Å². The van der Waals surface area contributed by atoms with Gasteiger partial charge in [-0.15, -0.1) is 0 Å². The minimum Gasteiger partial charge on any atom is -0.317 e. The van der Waals surface area contributed by atoms with E-state index >= 15 is 0 Å². The maximum Gasteiger partial charge on any atom is 0.329 e. The van der Waals surface area contributed by atoms with E-state index in [9.17, 15) is 9.59 Å². The van der Waals surface area contributed by atoms with Crippen molar-refractivity contribution in [1.82, 2.24) is 5.43 Å². The van der Waals surface area contributed by atoms with E-state index in [1.807, 2.05) is 37.3 Å². The standard InChI is InChI=1S/C19H20ClN3O2/c1-3-16(12-14-7-5-4-6-8-14)22-23-19(25)18(24)21-17-10-9-15(20)11-13(17)2/h4-11H,3,12H2,1-2H3,(H,21,24)(H,23,25)/b22-16-. The second kappa shape index (κ2) is 8.99. The van der Waals surface area contributed by atoms with Gasteiger partial charge in [-0.25, -0.2) is 5.43 Å². The highest BCUT2D eigenvalue weighted by atomic mass is 35.5. The Balaban J connectivity index is 1.96. The van der Waals surface area contributed by atoms with Gasteiger partial charge in [0, 0.05) is 22.8 Å². The third-order valence-electron chi connectivity index (χ3n) is 3.62. The lowest BCUT2D eigenvalue weighted by Crippen LogP contribution is -2.33. The third kappa shape index (κ3) is 5.72. The maximum atomic E-state index is 12.0. The number of carbonyl (C=O) groups is 2. The summed E-state index contributed by atoms with van der Waals surface area (Å²) in [6.45, 7) is 3.75. The van der Waals surface area contributed by atoms with Gasteiger partial charge in [0.15, 0.2) is 0 Å². The van der Waals surface area contributed by atoms with Gasteiger partial charge < -0.3 is 5.32 Å². The Morgan fingerprint density at radius 2 is 1.80 bits per heavy atom. The first-order chi connectivity index (χ1) is 12.0. The van der Waals surface area contributed by atoms with Gasteiger partial charge in [0.1, 0.15) is 0 Å². The molecule has 0 aromatic heterocycles. The number of nitrogens with one attached hydrogen (secondary N) is 2. The lowest BCUT2D eigenvalue weighted by atomic mass is 10.1. The maximum absolute atomic E-state index is 12.0. The summed E-state index contributed by atoms with van der Waals surface area (Å²) in [5.74, 6) is -1.59. The minimum absolute atomic E-state index is 0.536. The minimum atomic E-state index is -0.812. The molecule has 2 rings (SSSR count). The quantitative estimate of drug-likeness (QED) is 0.486. The fraction of sp³-hybridized carbons (Fsp3) is 0.211. The molecule has 2 aromatic rings. The molecule has 0 radical (unpaired) electrons. The van der Waals surface area contributed by atoms with Gasteiger partial charge in [0.05, 0.1) is 0 Å². The van der Waals surface area contributed by atoms with Crippen LogP contribution in [-0.2, 0) is 16.0 Å². The second-order valence-corrected chi connectivity index (χ2v) is 5.98. The van der Waals surface area contributed by atoms with E-state index in [0.29, 0.717) is 23.6 Å². The molecule has 0 spiro atoms. The summed E-state index contributed by atoms with van der Waals surface area (Å²) in [6.07, 6.45) is 1.29. The van der Waals surface area contributed by atoms with Crippen LogP contribution in [0.15, 0.2) is 53.6 Å². The highest BCUT2D eigenvalue weighted by Gasteiger charge is 2.14. The van der Waals surface area contributed by atoms with Crippen molar-refractivity contribution in [2.75, 3.05) is 5.32 Å². The Morgan fingerprint density at radius 1 is 1.08 bits per heavy atom. The average molecular weight is 358 g/mol. The summed E-state index contributed by atoms with van der Waals surface area (Å²) in [7, 11) is 0. The molecule has 0 aliphatic heterocycles. The molecule has 2 amide bonds. The molecule has 2 aromatic carbocycles. The highest BCUT2D eigenvalue weighted by Crippen LogP contribution is 2.19. The van der Waals surface area contributed by atoms with Crippen LogP contribution in [0.5, 0.6) is 0 Å². The molecule has 2 N–H and O–H groups in total. The normalized spacial score (nSPS) is 11.1. The number of hydrogen-bond donors (Lipinski definition) is 2. The Hall–Kier alpha value is -2.66. The molecular formula is C19H20ClN3O2. The third-order valence-corrected chi connectivity index (χ3v) is 3.85. The average Bonchev–Trinajstić information content (AvgIpc) is 2.61. The molecule has 0 saturated heterocycles. The van der Waals surface area contributed by atoms with Crippen molar-refractivity contribution in [3.8, 4) is 0 Å². The number of rotatable bonds is 5. The monoisotopic (exact) mass is 357 g/mol. The van der Waals surface area contributed by atoms with Crippen LogP contribution >= 0.6 is 11.6 Å². The summed E-state index contributed by atoms with van der Waals surface area (Å²) in [6, 6.07) is 14.8. The van der Waals surface area contributed by atoms with Gasteiger partial charge in [-0.05, 0) is 42.7 Å². The molecule has 0 atom stereocenters. The molecule has 0 aliphatic rings. The van der Waals surface area contributed by atoms with Crippen molar-refractivity contribution < 1.29 is 9.59 Å². The summed E-state index contributed by atoms with van der Waals surface area (Å²) in [5.41, 5.74) is 5.51. The first kappa shape index (κ1) is 18.7. The zero-order valence-corrected chi connectivity index (χ0v) is 14.9. The van der Waals surface area contributed by atoms with Crippen molar-refractivity contribution in [3.63, 3.8) is 0 Å². The molecule has 0 heterocycles. The molecule has 5 nitrogen and oxygen atoms in total. The van der Waals surface area contributed by atoms with Crippen molar-refractivity contribution in [1.29, 1.82) is 0 Å². The van der Waals surface area contributed by atoms with Crippen molar-refractivity contribution in [2.45, 2.75) is 26.7 Å². The van der Waals surface area contributed by atoms with Crippen LogP contribution in [0, 0.1) is 6.92 Å². The van der Waals surface area contributed by atoms with Crippen LogP contribution in [0.3, 0.4) is 0 Å². The van der Waals surface area contributed by atoms with Gasteiger partial charge in [0.2, 0.25) is 0 Å². The molecule has 0 fully saturated rings. The number of hydrogen-bond acceptors (Lipinski definition) is 3. The van der Waals surface area contributed by atoms with E-state index in [2.05, 4.69) is 15.8 Å². The number of anilines is 1. The van der Waals surface area contributed by atoms with Crippen LogP contribution in [0.1, 0.15) is 24.5 Å². The molecule has 6 heteroatoms. The van der Waals surface area contributed by atoms with Gasteiger partial charge in [-0.3, -0.25) is 9.59 Å². The first-order valence-corrected chi connectivity index (χ1v) is 8.34. The van der Waals surface area contributed by atoms with Crippen LogP contribution in [-0.4, -0.2) is 17.5 Å². The van der Waals surface area contributed by atoms with E-state index < -0.39 is 11.8 Å². The summed E-state index contributed by atoms with van der Waals surface area (Å²) >= 11 is 5.87. The summed E-state index contributed by atoms with van der Waals surface area (Å²) in [5, 5.41) is 7.19. The molecule has 0 saturated carbocycles. The van der Waals surface area contributed by atoms with E-state index in [0.717, 1.165) is 16.8 Å². The summed E-state index contributed by atoms with van der Waals surface area (Å²) < 4.78 is 0. The predicted octanol–water partition coefficient (Wildman–Crippen LogP) is 3.71. The number of benzene rings is 2. The van der Waals surface area contributed by atoms with Crippen LogP contribution in [0.2, 0.25) is 5.02 Å². The Morgan fingerprint density at radius 3 is 2.44 bits per heavy atom. The number of carbonyl (C=O) groups excluding carboxylic acids is 2. The Bertz CT molecular complexity index is 789. The largest absolute Gasteiger partial charge is 0.329 e. The molecule has 0 unspecified atom stereocenters. The molecule has 0 aliphatic carbocycles. The van der Waals surface area contributed by atoms with Gasteiger partial charge >= 0.3 is 11.8 Å². The number of nitrogens with zero attached hydrogens (tertiary/aromatic N) is 1. The molecular weight excluding hydrogens is 338 g/mol. The van der Waals surface area contributed by atoms with E-state index in [1.165, 1.54) is 0 Å². The van der Waals surface area contributed by atoms with E-state index in [-0.39, 0.29) is 0 Å². The van der Waals surface area contributed by atoms with Crippen molar-refractivity contribution in [2.24, 2.45) is 5.10 Å². The van der Waals surface area contributed by atoms with E-state index in [1.54, 1.807) is 25.1 Å². The number of hydrazone groups is 1. The zero-order chi connectivity index (χ0) is 18.2. The van der Waals surface area contributed by atoms with Gasteiger partial charge in [0.25, 0.3) is 0 Å². The van der Waals surface area contributed by atoms with Crippen molar-refractivity contribution in [3.05, 3.63) is 64.7 Å². The molecule has 130 valence electrons. The Kier molecular flexibility index (Phi) is 6.71. The second-order valence-electron chi connectivity index (χ2n) is 5.55. The smallest absolute Gasteiger partial charge is 0.317 e. The molecule has 25 heavy (non-hydrogen) atoms. The lowest BCUT2D eigenvalue weighted by Gasteiger charge is -2.08. The Labute approximate surface area is 152 Å². The van der Waals surface area contributed by atoms with Gasteiger partial charge in [-0.2, -0.15) is 5.10 Å². The topological polar surface area (TPSA) is 70.6 Å². The number of halogens is 1. The van der Waals surface area contributed by atoms with Crippen LogP contribution in [0.25, 0.3) is 0 Å². The number of amides is 2. The lowest BCUT2D eigenvalue weighted by molar-refractivity contribution is -0.136.